The van der Waals surface area contributed by atoms with Crippen LogP contribution in [0.4, 0.5) is 0 Å². The lowest BCUT2D eigenvalue weighted by atomic mass is 9.84. The topological polar surface area (TPSA) is 46.9 Å². The van der Waals surface area contributed by atoms with E-state index < -0.39 is 0 Å². The fraction of sp³-hybridized carbons (Fsp3) is 0.733. The molecule has 20 heavy (non-hydrogen) atoms. The Labute approximate surface area is 124 Å². The van der Waals surface area contributed by atoms with Crippen molar-refractivity contribution < 1.29 is 4.79 Å². The highest BCUT2D eigenvalue weighted by molar-refractivity contribution is 6.33. The fourth-order valence-electron chi connectivity index (χ4n) is 3.65. The highest BCUT2D eigenvalue weighted by atomic mass is 35.5. The van der Waals surface area contributed by atoms with Crippen LogP contribution in [0, 0.1) is 5.92 Å². The van der Waals surface area contributed by atoms with E-state index in [9.17, 15) is 4.79 Å². The zero-order chi connectivity index (χ0) is 14.3. The maximum Gasteiger partial charge on any atom is 0.199 e. The second-order valence-electron chi connectivity index (χ2n) is 6.35. The smallest absolute Gasteiger partial charge is 0.199 e. The second-order valence-corrected chi connectivity index (χ2v) is 6.76. The van der Waals surface area contributed by atoms with E-state index in [-0.39, 0.29) is 17.9 Å². The third-order valence-corrected chi connectivity index (χ3v) is 4.93. The van der Waals surface area contributed by atoms with E-state index in [1.54, 1.807) is 10.9 Å². The van der Waals surface area contributed by atoms with Gasteiger partial charge in [0.15, 0.2) is 5.78 Å². The van der Waals surface area contributed by atoms with Gasteiger partial charge in [0, 0.05) is 12.1 Å². The number of aromatic nitrogens is 2. The van der Waals surface area contributed by atoms with Crippen LogP contribution in [0.1, 0.15) is 62.5 Å². The van der Waals surface area contributed by atoms with Crippen LogP contribution < -0.4 is 5.32 Å². The number of carbonyl (C=O) groups excluding carboxylic acids is 1. The van der Waals surface area contributed by atoms with Crippen LogP contribution in [0.5, 0.6) is 0 Å². The lowest BCUT2D eigenvalue weighted by Crippen LogP contribution is -2.38. The highest BCUT2D eigenvalue weighted by Gasteiger charge is 2.39. The number of ketones is 1. The zero-order valence-electron chi connectivity index (χ0n) is 12.1. The second kappa shape index (κ2) is 5.49. The number of halogens is 1. The monoisotopic (exact) mass is 295 g/mol. The molecular weight excluding hydrogens is 274 g/mol. The minimum absolute atomic E-state index is 0.0881. The van der Waals surface area contributed by atoms with Crippen LogP contribution in [0.2, 0.25) is 5.02 Å². The molecule has 0 spiro atoms. The summed E-state index contributed by atoms with van der Waals surface area (Å²) in [5.41, 5.74) is 0.567. The third-order valence-electron chi connectivity index (χ3n) is 4.65. The summed E-state index contributed by atoms with van der Waals surface area (Å²) >= 11 is 6.18. The summed E-state index contributed by atoms with van der Waals surface area (Å²) in [6.45, 7) is 4.03. The average Bonchev–Trinajstić information content (AvgIpc) is 3.01. The Bertz CT molecular complexity index is 497. The largest absolute Gasteiger partial charge is 0.304 e. The summed E-state index contributed by atoms with van der Waals surface area (Å²) in [6.07, 6.45) is 7.55. The van der Waals surface area contributed by atoms with Crippen molar-refractivity contribution in [1.82, 2.24) is 15.1 Å². The first kappa shape index (κ1) is 14.1. The molecule has 3 unspecified atom stereocenters. The first-order chi connectivity index (χ1) is 9.58. The summed E-state index contributed by atoms with van der Waals surface area (Å²) < 4.78 is 1.74. The van der Waals surface area contributed by atoms with E-state index in [1.807, 2.05) is 13.8 Å². The van der Waals surface area contributed by atoms with Gasteiger partial charge in [0.2, 0.25) is 0 Å². The number of nitrogens with zero attached hydrogens (tertiary/aromatic N) is 2. The van der Waals surface area contributed by atoms with Crippen molar-refractivity contribution in [3.63, 3.8) is 0 Å². The molecule has 110 valence electrons. The van der Waals surface area contributed by atoms with Crippen LogP contribution in [-0.2, 0) is 0 Å². The predicted molar refractivity (Wildman–Crippen MR) is 79.2 cm³/mol. The molecule has 4 nitrogen and oxygen atoms in total. The van der Waals surface area contributed by atoms with Crippen molar-refractivity contribution in [3.8, 4) is 0 Å². The maximum absolute atomic E-state index is 12.8. The standard InChI is InChI=1S/C15H22ClN3O/c1-9(2)19-14(11(16)8-17-19)15(20)13-7-10-5-3-4-6-12(10)18-13/h8-10,12-13,18H,3-7H2,1-2H3. The van der Waals surface area contributed by atoms with Gasteiger partial charge in [-0.05, 0) is 39.0 Å². The number of Topliss-reactive ketones (excluding diaryl/α,β-unsaturated/α-hetero) is 1. The SMILES string of the molecule is CC(C)n1ncc(Cl)c1C(=O)C1CC2CCCCC2N1. The molecule has 1 aromatic rings. The molecular formula is C15H22ClN3O. The molecule has 1 saturated carbocycles. The Morgan fingerprint density at radius 2 is 2.20 bits per heavy atom. The first-order valence-electron chi connectivity index (χ1n) is 7.61. The Kier molecular flexibility index (Phi) is 3.87. The molecule has 1 aromatic heterocycles. The van der Waals surface area contributed by atoms with E-state index in [0.29, 0.717) is 22.7 Å². The molecule has 1 N–H and O–H groups in total. The van der Waals surface area contributed by atoms with Crippen molar-refractivity contribution in [3.05, 3.63) is 16.9 Å². The van der Waals surface area contributed by atoms with Crippen LogP contribution in [-0.4, -0.2) is 27.6 Å². The summed E-state index contributed by atoms with van der Waals surface area (Å²) in [6, 6.07) is 0.576. The van der Waals surface area contributed by atoms with Gasteiger partial charge < -0.3 is 5.32 Å². The van der Waals surface area contributed by atoms with Gasteiger partial charge in [-0.15, -0.1) is 0 Å². The van der Waals surface area contributed by atoms with Crippen LogP contribution in [0.15, 0.2) is 6.20 Å². The lowest BCUT2D eigenvalue weighted by molar-refractivity contribution is 0.0936. The Morgan fingerprint density at radius 1 is 1.45 bits per heavy atom. The quantitative estimate of drug-likeness (QED) is 0.871. The van der Waals surface area contributed by atoms with Crippen molar-refractivity contribution >= 4 is 17.4 Å². The van der Waals surface area contributed by atoms with Gasteiger partial charge in [-0.2, -0.15) is 5.10 Å². The first-order valence-corrected chi connectivity index (χ1v) is 7.99. The van der Waals surface area contributed by atoms with E-state index in [4.69, 9.17) is 11.6 Å². The number of hydrogen-bond donors (Lipinski definition) is 1. The minimum Gasteiger partial charge on any atom is -0.304 e. The van der Waals surface area contributed by atoms with Gasteiger partial charge in [0.05, 0.1) is 17.3 Å². The Balaban J connectivity index is 1.81. The van der Waals surface area contributed by atoms with Crippen molar-refractivity contribution in [1.29, 1.82) is 0 Å². The maximum atomic E-state index is 12.8. The summed E-state index contributed by atoms with van der Waals surface area (Å²) in [5, 5.41) is 8.23. The molecule has 0 amide bonds. The summed E-state index contributed by atoms with van der Waals surface area (Å²) in [7, 11) is 0. The molecule has 1 aliphatic carbocycles. The third kappa shape index (κ3) is 2.40. The lowest BCUT2D eigenvalue weighted by Gasteiger charge is -2.24. The number of fused-ring (bicyclic) bond motifs is 1. The molecule has 0 bridgehead atoms. The molecule has 5 heteroatoms. The van der Waals surface area contributed by atoms with Crippen LogP contribution in [0.3, 0.4) is 0 Å². The molecule has 1 saturated heterocycles. The van der Waals surface area contributed by atoms with Gasteiger partial charge in [-0.1, -0.05) is 24.4 Å². The fourth-order valence-corrected chi connectivity index (χ4v) is 3.87. The van der Waals surface area contributed by atoms with E-state index in [2.05, 4.69) is 10.4 Å². The summed E-state index contributed by atoms with van der Waals surface area (Å²) in [4.78, 5) is 12.8. The van der Waals surface area contributed by atoms with E-state index in [0.717, 1.165) is 6.42 Å². The summed E-state index contributed by atoms with van der Waals surface area (Å²) in [5.74, 6) is 0.766. The van der Waals surface area contributed by atoms with Crippen molar-refractivity contribution in [2.45, 2.75) is 64.1 Å². The van der Waals surface area contributed by atoms with E-state index in [1.165, 1.54) is 25.7 Å². The van der Waals surface area contributed by atoms with Gasteiger partial charge in [-0.3, -0.25) is 9.48 Å². The molecule has 2 aliphatic rings. The number of nitrogens with one attached hydrogen (secondary N) is 1. The molecule has 3 rings (SSSR count). The zero-order valence-corrected chi connectivity index (χ0v) is 12.9. The van der Waals surface area contributed by atoms with Crippen molar-refractivity contribution in [2.75, 3.05) is 0 Å². The molecule has 2 heterocycles. The average molecular weight is 296 g/mol. The van der Waals surface area contributed by atoms with Gasteiger partial charge >= 0.3 is 0 Å². The number of rotatable bonds is 3. The van der Waals surface area contributed by atoms with Crippen LogP contribution >= 0.6 is 11.6 Å². The molecule has 0 radical (unpaired) electrons. The highest BCUT2D eigenvalue weighted by Crippen LogP contribution is 2.35. The Hall–Kier alpha value is -0.870. The van der Waals surface area contributed by atoms with Gasteiger partial charge in [-0.25, -0.2) is 0 Å². The number of hydrogen-bond acceptors (Lipinski definition) is 3. The number of carbonyl (C=O) groups is 1. The Morgan fingerprint density at radius 3 is 2.90 bits per heavy atom. The molecule has 3 atom stereocenters. The minimum atomic E-state index is -0.0881. The normalized spacial score (nSPS) is 29.7. The molecule has 2 fully saturated rings. The van der Waals surface area contributed by atoms with Gasteiger partial charge in [0.25, 0.3) is 0 Å². The molecule has 1 aliphatic heterocycles. The predicted octanol–water partition coefficient (Wildman–Crippen LogP) is 3.22. The van der Waals surface area contributed by atoms with Gasteiger partial charge in [0.1, 0.15) is 5.69 Å². The van der Waals surface area contributed by atoms with E-state index >= 15 is 0 Å². The van der Waals surface area contributed by atoms with Crippen LogP contribution in [0.25, 0.3) is 0 Å². The van der Waals surface area contributed by atoms with Crippen molar-refractivity contribution in [2.24, 2.45) is 5.92 Å². The molecule has 0 aromatic carbocycles.